The summed E-state index contributed by atoms with van der Waals surface area (Å²) in [6.07, 6.45) is 5.47. The fourth-order valence-electron chi connectivity index (χ4n) is 3.85. The third-order valence-corrected chi connectivity index (χ3v) is 5.08. The van der Waals surface area contributed by atoms with Gasteiger partial charge in [0, 0.05) is 18.0 Å². The molecule has 0 spiro atoms. The second-order valence-corrected chi connectivity index (χ2v) is 6.43. The highest BCUT2D eigenvalue weighted by atomic mass is 16.5. The summed E-state index contributed by atoms with van der Waals surface area (Å²) in [5.41, 5.74) is 0.778. The average molecular weight is 287 g/mol. The number of ether oxygens (including phenoxy) is 1. The molecule has 114 valence electrons. The number of Topliss-reactive ketones (excluding diaryl/α,β-unsaturated/α-hetero) is 1. The highest BCUT2D eigenvalue weighted by molar-refractivity contribution is 6.00. The summed E-state index contributed by atoms with van der Waals surface area (Å²) in [4.78, 5) is 15.4. The van der Waals surface area contributed by atoms with Crippen LogP contribution in [0.5, 0.6) is 5.75 Å². The molecule has 2 saturated heterocycles. The number of piperidine rings is 1. The number of hydrogen-bond acceptors (Lipinski definition) is 3. The number of ketones is 1. The van der Waals surface area contributed by atoms with Gasteiger partial charge in [-0.05, 0) is 51.3 Å². The quantitative estimate of drug-likeness (QED) is 0.776. The molecule has 2 bridgehead atoms. The van der Waals surface area contributed by atoms with Crippen LogP contribution in [0.4, 0.5) is 0 Å². The van der Waals surface area contributed by atoms with Gasteiger partial charge in [0.1, 0.15) is 5.75 Å². The average Bonchev–Trinajstić information content (AvgIpc) is 2.74. The van der Waals surface area contributed by atoms with Crippen molar-refractivity contribution in [2.24, 2.45) is 5.92 Å². The standard InChI is InChI=1S/C18H25NO2/c1-3-10-21-17-7-5-4-6-16(17)18(20)13-11-14-8-9-15(12-13)19(14)2/h4-7,13-15H,3,8-12H2,1-2H3. The number of benzene rings is 1. The second kappa shape index (κ2) is 6.18. The molecule has 2 aliphatic rings. The predicted octanol–water partition coefficient (Wildman–Crippen LogP) is 3.53. The number of para-hydroxylation sites is 1. The first-order chi connectivity index (χ1) is 10.2. The first kappa shape index (κ1) is 14.6. The molecule has 1 aromatic carbocycles. The third kappa shape index (κ3) is 2.84. The van der Waals surface area contributed by atoms with Crippen LogP contribution in [0, 0.1) is 5.92 Å². The van der Waals surface area contributed by atoms with E-state index < -0.39 is 0 Å². The molecule has 1 aromatic rings. The molecular weight excluding hydrogens is 262 g/mol. The minimum atomic E-state index is 0.171. The fraction of sp³-hybridized carbons (Fsp3) is 0.611. The molecule has 0 amide bonds. The topological polar surface area (TPSA) is 29.5 Å². The van der Waals surface area contributed by atoms with Crippen LogP contribution in [0.2, 0.25) is 0 Å². The molecule has 21 heavy (non-hydrogen) atoms. The number of carbonyl (C=O) groups is 1. The Labute approximate surface area is 127 Å². The zero-order valence-corrected chi connectivity index (χ0v) is 13.0. The molecule has 2 unspecified atom stereocenters. The smallest absolute Gasteiger partial charge is 0.169 e. The fourth-order valence-corrected chi connectivity index (χ4v) is 3.85. The Balaban J connectivity index is 1.76. The number of carbonyl (C=O) groups excluding carboxylic acids is 1. The van der Waals surface area contributed by atoms with Crippen LogP contribution < -0.4 is 4.74 Å². The predicted molar refractivity (Wildman–Crippen MR) is 83.9 cm³/mol. The summed E-state index contributed by atoms with van der Waals surface area (Å²) < 4.78 is 5.76. The summed E-state index contributed by atoms with van der Waals surface area (Å²) in [6, 6.07) is 8.93. The second-order valence-electron chi connectivity index (χ2n) is 6.43. The molecule has 0 saturated carbocycles. The summed E-state index contributed by atoms with van der Waals surface area (Å²) >= 11 is 0. The molecule has 2 atom stereocenters. The molecule has 2 aliphatic heterocycles. The lowest BCUT2D eigenvalue weighted by molar-refractivity contribution is 0.0763. The van der Waals surface area contributed by atoms with Crippen molar-refractivity contribution in [1.82, 2.24) is 4.90 Å². The van der Waals surface area contributed by atoms with E-state index in [4.69, 9.17) is 4.74 Å². The molecular formula is C18H25NO2. The van der Waals surface area contributed by atoms with Crippen LogP contribution in [0.3, 0.4) is 0 Å². The minimum absolute atomic E-state index is 0.171. The lowest BCUT2D eigenvalue weighted by atomic mass is 9.85. The van der Waals surface area contributed by atoms with Gasteiger partial charge in [-0.1, -0.05) is 19.1 Å². The minimum Gasteiger partial charge on any atom is -0.493 e. The number of nitrogens with zero attached hydrogens (tertiary/aromatic N) is 1. The molecule has 3 rings (SSSR count). The van der Waals surface area contributed by atoms with Crippen molar-refractivity contribution >= 4 is 5.78 Å². The Hall–Kier alpha value is -1.35. The summed E-state index contributed by atoms with van der Waals surface area (Å²) in [5, 5.41) is 0. The maximum Gasteiger partial charge on any atom is 0.169 e. The van der Waals surface area contributed by atoms with Gasteiger partial charge in [-0.15, -0.1) is 0 Å². The van der Waals surface area contributed by atoms with Crippen molar-refractivity contribution in [2.45, 2.75) is 51.1 Å². The van der Waals surface area contributed by atoms with Gasteiger partial charge in [-0.2, -0.15) is 0 Å². The monoisotopic (exact) mass is 287 g/mol. The molecule has 0 radical (unpaired) electrons. The van der Waals surface area contributed by atoms with Crippen molar-refractivity contribution in [3.63, 3.8) is 0 Å². The SMILES string of the molecule is CCCOc1ccccc1C(=O)C1CC2CCC(C1)N2C. The maximum atomic E-state index is 12.9. The van der Waals surface area contributed by atoms with Crippen molar-refractivity contribution < 1.29 is 9.53 Å². The lowest BCUT2D eigenvalue weighted by Crippen LogP contribution is -2.42. The van der Waals surface area contributed by atoms with E-state index in [1.807, 2.05) is 24.3 Å². The molecule has 0 aromatic heterocycles. The Kier molecular flexibility index (Phi) is 4.29. The first-order valence-electron chi connectivity index (χ1n) is 8.18. The molecule has 3 nitrogen and oxygen atoms in total. The third-order valence-electron chi connectivity index (χ3n) is 5.08. The zero-order chi connectivity index (χ0) is 14.8. The van der Waals surface area contributed by atoms with E-state index in [2.05, 4.69) is 18.9 Å². The van der Waals surface area contributed by atoms with E-state index >= 15 is 0 Å². The molecule has 2 heterocycles. The van der Waals surface area contributed by atoms with E-state index in [1.54, 1.807) is 0 Å². The lowest BCUT2D eigenvalue weighted by Gasteiger charge is -2.35. The van der Waals surface area contributed by atoms with Crippen molar-refractivity contribution in [1.29, 1.82) is 0 Å². The van der Waals surface area contributed by atoms with Gasteiger partial charge in [-0.25, -0.2) is 0 Å². The largest absolute Gasteiger partial charge is 0.493 e. The summed E-state index contributed by atoms with van der Waals surface area (Å²) in [7, 11) is 2.21. The van der Waals surface area contributed by atoms with Crippen LogP contribution in [0.25, 0.3) is 0 Å². The zero-order valence-electron chi connectivity index (χ0n) is 13.0. The van der Waals surface area contributed by atoms with E-state index in [0.717, 1.165) is 30.6 Å². The number of rotatable bonds is 5. The highest BCUT2D eigenvalue weighted by Gasteiger charge is 2.41. The van der Waals surface area contributed by atoms with Crippen LogP contribution in [-0.2, 0) is 0 Å². The van der Waals surface area contributed by atoms with Gasteiger partial charge in [0.25, 0.3) is 0 Å². The van der Waals surface area contributed by atoms with E-state index in [0.29, 0.717) is 18.7 Å². The number of fused-ring (bicyclic) bond motifs is 2. The maximum absolute atomic E-state index is 12.9. The van der Waals surface area contributed by atoms with Crippen molar-refractivity contribution in [2.75, 3.05) is 13.7 Å². The summed E-state index contributed by atoms with van der Waals surface area (Å²) in [5.74, 6) is 1.22. The Morgan fingerprint density at radius 1 is 1.24 bits per heavy atom. The normalized spacial score (nSPS) is 28.6. The van der Waals surface area contributed by atoms with Crippen LogP contribution in [0.15, 0.2) is 24.3 Å². The van der Waals surface area contributed by atoms with Gasteiger partial charge in [0.05, 0.1) is 12.2 Å². The van der Waals surface area contributed by atoms with Crippen LogP contribution in [-0.4, -0.2) is 36.4 Å². The Bertz CT molecular complexity index is 500. The van der Waals surface area contributed by atoms with E-state index in [9.17, 15) is 4.79 Å². The highest BCUT2D eigenvalue weighted by Crippen LogP contribution is 2.39. The van der Waals surface area contributed by atoms with E-state index in [-0.39, 0.29) is 11.7 Å². The molecule has 0 N–H and O–H groups in total. The van der Waals surface area contributed by atoms with Gasteiger partial charge in [0.15, 0.2) is 5.78 Å². The van der Waals surface area contributed by atoms with Crippen molar-refractivity contribution in [3.8, 4) is 5.75 Å². The Morgan fingerprint density at radius 3 is 2.57 bits per heavy atom. The van der Waals surface area contributed by atoms with E-state index in [1.165, 1.54) is 12.8 Å². The summed E-state index contributed by atoms with van der Waals surface area (Å²) in [6.45, 7) is 2.75. The van der Waals surface area contributed by atoms with Gasteiger partial charge in [-0.3, -0.25) is 4.79 Å². The Morgan fingerprint density at radius 2 is 1.90 bits per heavy atom. The van der Waals surface area contributed by atoms with Crippen molar-refractivity contribution in [3.05, 3.63) is 29.8 Å². The van der Waals surface area contributed by atoms with Gasteiger partial charge < -0.3 is 9.64 Å². The molecule has 3 heteroatoms. The van der Waals surface area contributed by atoms with Gasteiger partial charge >= 0.3 is 0 Å². The van der Waals surface area contributed by atoms with Crippen LogP contribution >= 0.6 is 0 Å². The number of hydrogen-bond donors (Lipinski definition) is 0. The van der Waals surface area contributed by atoms with Gasteiger partial charge in [0.2, 0.25) is 0 Å². The van der Waals surface area contributed by atoms with Crippen LogP contribution in [0.1, 0.15) is 49.4 Å². The first-order valence-corrected chi connectivity index (χ1v) is 8.18. The molecule has 2 fully saturated rings. The molecule has 0 aliphatic carbocycles.